The Morgan fingerprint density at radius 2 is 0.577 bits per heavy atom. The van der Waals surface area contributed by atoms with Crippen LogP contribution in [-0.2, 0) is 0 Å². The number of hydrogen-bond donors (Lipinski definition) is 2. The van der Waals surface area contributed by atoms with Gasteiger partial charge in [0.1, 0.15) is 25.3 Å². The van der Waals surface area contributed by atoms with Crippen LogP contribution in [0.25, 0.3) is 0 Å². The summed E-state index contributed by atoms with van der Waals surface area (Å²) in [6, 6.07) is 0. The van der Waals surface area contributed by atoms with Crippen LogP contribution in [0.2, 0.25) is 0 Å². The van der Waals surface area contributed by atoms with E-state index in [1.54, 1.807) is 0 Å². The lowest BCUT2D eigenvalue weighted by Gasteiger charge is -2.39. The molecule has 0 aromatic carbocycles. The van der Waals surface area contributed by atoms with Gasteiger partial charge in [-0.15, -0.1) is 0 Å². The molecule has 1 fully saturated rings. The van der Waals surface area contributed by atoms with Crippen LogP contribution < -0.4 is 0 Å². The molecule has 6 nitrogen and oxygen atoms in total. The van der Waals surface area contributed by atoms with Crippen LogP contribution in [-0.4, -0.2) is 135 Å². The molecular formula is C46H98N4O2+2. The van der Waals surface area contributed by atoms with Gasteiger partial charge in [-0.2, -0.15) is 0 Å². The first-order valence-electron chi connectivity index (χ1n) is 23.5. The van der Waals surface area contributed by atoms with Crippen LogP contribution in [0.3, 0.4) is 0 Å². The third kappa shape index (κ3) is 31.0. The number of rotatable bonds is 38. The summed E-state index contributed by atoms with van der Waals surface area (Å²) in [6.07, 6.45) is 38.7. The summed E-state index contributed by atoms with van der Waals surface area (Å²) in [7, 11) is 9.18. The van der Waals surface area contributed by atoms with E-state index in [-0.39, 0.29) is 12.2 Å². The molecule has 0 aromatic heterocycles. The molecule has 2 N–H and O–H groups in total. The van der Waals surface area contributed by atoms with Crippen molar-refractivity contribution < 1.29 is 19.2 Å². The van der Waals surface area contributed by atoms with Gasteiger partial charge in [-0.05, 0) is 25.7 Å². The van der Waals surface area contributed by atoms with Crippen molar-refractivity contribution in [2.24, 2.45) is 0 Å². The van der Waals surface area contributed by atoms with Crippen LogP contribution >= 0.6 is 0 Å². The van der Waals surface area contributed by atoms with E-state index >= 15 is 0 Å². The average molecular weight is 739 g/mol. The van der Waals surface area contributed by atoms with Crippen molar-refractivity contribution in [1.82, 2.24) is 9.80 Å². The molecule has 0 saturated carbocycles. The largest absolute Gasteiger partial charge is 0.386 e. The van der Waals surface area contributed by atoms with Crippen molar-refractivity contribution >= 4 is 0 Å². The van der Waals surface area contributed by atoms with Gasteiger partial charge in [-0.25, -0.2) is 0 Å². The molecular weight excluding hydrogens is 641 g/mol. The summed E-state index contributed by atoms with van der Waals surface area (Å²) >= 11 is 0. The highest BCUT2D eigenvalue weighted by Crippen LogP contribution is 2.16. The first-order chi connectivity index (χ1) is 25.1. The molecule has 2 atom stereocenters. The second-order valence-electron chi connectivity index (χ2n) is 18.8. The molecule has 1 heterocycles. The number of β-amino-alcohol motifs (C(OH)–C–C–N with tert-alkyl or cyclic N) is 2. The Bertz CT molecular complexity index is 693. The lowest BCUT2D eigenvalue weighted by atomic mass is 10.0. The van der Waals surface area contributed by atoms with Crippen molar-refractivity contribution in [2.45, 2.75) is 206 Å². The third-order valence-electron chi connectivity index (χ3n) is 12.0. The van der Waals surface area contributed by atoms with E-state index in [4.69, 9.17) is 0 Å². The van der Waals surface area contributed by atoms with Crippen LogP contribution in [0.15, 0.2) is 0 Å². The van der Waals surface area contributed by atoms with E-state index in [2.05, 4.69) is 51.8 Å². The zero-order valence-electron chi connectivity index (χ0n) is 36.7. The minimum Gasteiger partial charge on any atom is -0.386 e. The normalized spacial score (nSPS) is 16.2. The van der Waals surface area contributed by atoms with Crippen LogP contribution in [0, 0.1) is 0 Å². The molecule has 312 valence electrons. The quantitative estimate of drug-likeness (QED) is 0.0489. The number of piperazine rings is 1. The predicted octanol–water partition coefficient (Wildman–Crippen LogP) is 10.4. The lowest BCUT2D eigenvalue weighted by molar-refractivity contribution is -0.893. The minimum atomic E-state index is -0.271. The fraction of sp³-hybridized carbons (Fsp3) is 1.00. The number of unbranched alkanes of at least 4 members (excludes halogenated alkanes) is 26. The van der Waals surface area contributed by atoms with E-state index in [1.807, 2.05) is 0 Å². The Kier molecular flexibility index (Phi) is 31.5. The molecule has 1 rings (SSSR count). The molecule has 0 radical (unpaired) electrons. The summed E-state index contributed by atoms with van der Waals surface area (Å²) in [6.45, 7) is 14.1. The number of aliphatic hydroxyl groups is 2. The molecule has 2 unspecified atom stereocenters. The Morgan fingerprint density at radius 3 is 0.808 bits per heavy atom. The standard InChI is InChI=1S/C46H98N4O2/c1-7-9-11-13-15-17-19-21-23-25-27-29-31-33-39-49(3,4)43-45(51)41-47-35-37-48(38-36-47)42-46(52)44-50(5,6)40-34-32-30-28-26-24-22-20-18-16-14-12-10-8-2/h45-46,51-52H,7-44H2,1-6H3/q+2. The van der Waals surface area contributed by atoms with Gasteiger partial charge in [0.2, 0.25) is 0 Å². The first-order valence-corrected chi connectivity index (χ1v) is 23.5. The smallest absolute Gasteiger partial charge is 0.115 e. The van der Waals surface area contributed by atoms with Gasteiger partial charge < -0.3 is 19.2 Å². The summed E-state index contributed by atoms with van der Waals surface area (Å²) in [5, 5.41) is 22.0. The molecule has 0 aliphatic carbocycles. The lowest BCUT2D eigenvalue weighted by Crippen LogP contribution is -2.54. The molecule has 1 saturated heterocycles. The highest BCUT2D eigenvalue weighted by Gasteiger charge is 2.27. The maximum atomic E-state index is 11.0. The Morgan fingerprint density at radius 1 is 0.365 bits per heavy atom. The Hall–Kier alpha value is -0.240. The van der Waals surface area contributed by atoms with E-state index in [9.17, 15) is 10.2 Å². The number of quaternary nitrogens is 2. The molecule has 1 aliphatic rings. The maximum Gasteiger partial charge on any atom is 0.115 e. The minimum absolute atomic E-state index is 0.271. The van der Waals surface area contributed by atoms with Crippen molar-refractivity contribution in [3.63, 3.8) is 0 Å². The number of likely N-dealkylation sites (N-methyl/N-ethyl adjacent to an activating group) is 2. The second kappa shape index (κ2) is 33.0. The van der Waals surface area contributed by atoms with Gasteiger partial charge in [0, 0.05) is 39.3 Å². The Balaban J connectivity index is 2.03. The summed E-state index contributed by atoms with van der Waals surface area (Å²) in [5.74, 6) is 0. The molecule has 0 spiro atoms. The van der Waals surface area contributed by atoms with Crippen molar-refractivity contribution in [1.29, 1.82) is 0 Å². The Labute approximate surface area is 327 Å². The van der Waals surface area contributed by atoms with Crippen molar-refractivity contribution in [3.8, 4) is 0 Å². The van der Waals surface area contributed by atoms with E-state index in [0.29, 0.717) is 0 Å². The molecule has 1 aliphatic heterocycles. The van der Waals surface area contributed by atoms with Crippen molar-refractivity contribution in [2.75, 3.05) is 93.6 Å². The molecule has 52 heavy (non-hydrogen) atoms. The molecule has 0 amide bonds. The van der Waals surface area contributed by atoms with Crippen molar-refractivity contribution in [3.05, 3.63) is 0 Å². The number of aliphatic hydroxyl groups excluding tert-OH is 2. The van der Waals surface area contributed by atoms with Crippen LogP contribution in [0.4, 0.5) is 0 Å². The molecule has 0 bridgehead atoms. The first kappa shape index (κ1) is 49.8. The highest BCUT2D eigenvalue weighted by molar-refractivity contribution is 4.76. The zero-order valence-corrected chi connectivity index (χ0v) is 36.7. The van der Waals surface area contributed by atoms with Gasteiger partial charge in [-0.3, -0.25) is 9.80 Å². The fourth-order valence-corrected chi connectivity index (χ4v) is 8.66. The SMILES string of the molecule is CCCCCCCCCCCCCCCC[N+](C)(C)CC(O)CN1CCN(CC(O)C[N+](C)(C)CCCCCCCCCCCCCCCC)CC1. The van der Waals surface area contributed by atoms with Gasteiger partial charge in [-0.1, -0.05) is 168 Å². The number of nitrogens with zero attached hydrogens (tertiary/aromatic N) is 4. The second-order valence-corrected chi connectivity index (χ2v) is 18.8. The summed E-state index contributed by atoms with van der Waals surface area (Å²) in [5.41, 5.74) is 0. The van der Waals surface area contributed by atoms with Crippen LogP contribution in [0.1, 0.15) is 194 Å². The van der Waals surface area contributed by atoms with E-state index in [0.717, 1.165) is 74.4 Å². The third-order valence-corrected chi connectivity index (χ3v) is 12.0. The fourth-order valence-electron chi connectivity index (χ4n) is 8.66. The van der Waals surface area contributed by atoms with Crippen LogP contribution in [0.5, 0.6) is 0 Å². The van der Waals surface area contributed by atoms with Gasteiger partial charge >= 0.3 is 0 Å². The highest BCUT2D eigenvalue weighted by atomic mass is 16.3. The maximum absolute atomic E-state index is 11.0. The van der Waals surface area contributed by atoms with Gasteiger partial charge in [0.15, 0.2) is 0 Å². The van der Waals surface area contributed by atoms with Gasteiger partial charge in [0.25, 0.3) is 0 Å². The summed E-state index contributed by atoms with van der Waals surface area (Å²) in [4.78, 5) is 4.88. The molecule has 0 aromatic rings. The van der Waals surface area contributed by atoms with Gasteiger partial charge in [0.05, 0.1) is 41.3 Å². The monoisotopic (exact) mass is 739 g/mol. The van der Waals surface area contributed by atoms with E-state index < -0.39 is 0 Å². The van der Waals surface area contributed by atoms with E-state index in [1.165, 1.54) is 180 Å². The predicted molar refractivity (Wildman–Crippen MR) is 229 cm³/mol. The number of hydrogen-bond acceptors (Lipinski definition) is 4. The zero-order chi connectivity index (χ0) is 38.2. The summed E-state index contributed by atoms with van der Waals surface area (Å²) < 4.78 is 1.83. The average Bonchev–Trinajstić information content (AvgIpc) is 3.08. The molecule has 6 heteroatoms. The topological polar surface area (TPSA) is 46.9 Å².